The zero-order chi connectivity index (χ0) is 11.5. The van der Waals surface area contributed by atoms with E-state index >= 15 is 0 Å². The molecule has 1 rings (SSSR count). The Morgan fingerprint density at radius 3 is 2.20 bits per heavy atom. The number of rotatable bonds is 3. The number of primary amides is 1. The average Bonchev–Trinajstić information content (AvgIpc) is 2.16. The van der Waals surface area contributed by atoms with Gasteiger partial charge in [0.05, 0.1) is 4.90 Å². The summed E-state index contributed by atoms with van der Waals surface area (Å²) in [5.41, 5.74) is 5.50. The van der Waals surface area contributed by atoms with Crippen molar-refractivity contribution < 1.29 is 13.2 Å². The molecule has 0 spiro atoms. The third-order valence-corrected chi connectivity index (χ3v) is 3.05. The normalized spacial score (nSPS) is 10.7. The largest absolute Gasteiger partial charge is 0.388 e. The minimum Gasteiger partial charge on any atom is -0.388 e. The van der Waals surface area contributed by atoms with Gasteiger partial charge in [0.1, 0.15) is 0 Å². The smallest absolute Gasteiger partial charge is 0.326 e. The van der Waals surface area contributed by atoms with Crippen molar-refractivity contribution in [1.82, 2.24) is 4.72 Å². The molecule has 0 atom stereocenters. The number of hydrogen-bond acceptors (Lipinski definition) is 4. The van der Waals surface area contributed by atoms with Gasteiger partial charge in [-0.15, -0.1) is 0 Å². The van der Waals surface area contributed by atoms with E-state index in [4.69, 9.17) is 5.73 Å². The molecule has 15 heavy (non-hydrogen) atoms. The van der Waals surface area contributed by atoms with Crippen LogP contribution in [0.5, 0.6) is 0 Å². The fourth-order valence-corrected chi connectivity index (χ4v) is 1.87. The molecule has 0 aromatic heterocycles. The highest BCUT2D eigenvalue weighted by Gasteiger charge is 2.14. The van der Waals surface area contributed by atoms with Crippen molar-refractivity contribution in [3.05, 3.63) is 24.3 Å². The lowest BCUT2D eigenvalue weighted by molar-refractivity contribution is 0.253. The van der Waals surface area contributed by atoms with E-state index in [2.05, 4.69) is 5.32 Å². The van der Waals surface area contributed by atoms with Crippen molar-refractivity contribution in [2.24, 2.45) is 5.73 Å². The van der Waals surface area contributed by atoms with Crippen LogP contribution in [-0.2, 0) is 10.0 Å². The Morgan fingerprint density at radius 2 is 1.80 bits per heavy atom. The lowest BCUT2D eigenvalue weighted by Gasteiger charge is -2.05. The Morgan fingerprint density at radius 1 is 1.27 bits per heavy atom. The standard InChI is InChI=1S/C8H11N3O3S/c1-10-6-2-4-7(5-3-6)15(13,14)11-8(9)12/h2-5,10H,1H3,(H3,9,11,12). The topological polar surface area (TPSA) is 101 Å². The molecule has 0 radical (unpaired) electrons. The fourth-order valence-electron chi connectivity index (χ4n) is 0.992. The summed E-state index contributed by atoms with van der Waals surface area (Å²) >= 11 is 0. The van der Waals surface area contributed by atoms with Crippen LogP contribution in [0.2, 0.25) is 0 Å². The van der Waals surface area contributed by atoms with Crippen LogP contribution in [0, 0.1) is 0 Å². The second kappa shape index (κ2) is 4.18. The molecular weight excluding hydrogens is 218 g/mol. The van der Waals surface area contributed by atoms with Gasteiger partial charge in [0, 0.05) is 12.7 Å². The summed E-state index contributed by atoms with van der Waals surface area (Å²) in [5, 5.41) is 2.84. The number of hydrogen-bond donors (Lipinski definition) is 3. The number of carbonyl (C=O) groups excluding carboxylic acids is 1. The number of anilines is 1. The SMILES string of the molecule is CNc1ccc(S(=O)(=O)NC(N)=O)cc1. The molecule has 0 bridgehead atoms. The van der Waals surface area contributed by atoms with Crippen LogP contribution in [0.1, 0.15) is 0 Å². The van der Waals surface area contributed by atoms with Gasteiger partial charge in [-0.05, 0) is 24.3 Å². The second-order valence-corrected chi connectivity index (χ2v) is 4.43. The first-order valence-corrected chi connectivity index (χ1v) is 5.54. The molecule has 0 saturated heterocycles. The van der Waals surface area contributed by atoms with Gasteiger partial charge in [-0.2, -0.15) is 0 Å². The monoisotopic (exact) mass is 229 g/mol. The van der Waals surface area contributed by atoms with Crippen LogP contribution in [0.4, 0.5) is 10.5 Å². The number of urea groups is 1. The Labute approximate surface area is 87.5 Å². The molecule has 4 N–H and O–H groups in total. The van der Waals surface area contributed by atoms with Crippen LogP contribution >= 0.6 is 0 Å². The number of benzene rings is 1. The zero-order valence-corrected chi connectivity index (χ0v) is 8.84. The molecule has 0 unspecified atom stereocenters. The molecule has 1 aromatic carbocycles. The van der Waals surface area contributed by atoms with Crippen molar-refractivity contribution in [3.63, 3.8) is 0 Å². The summed E-state index contributed by atoms with van der Waals surface area (Å²) in [6, 6.07) is 4.80. The van der Waals surface area contributed by atoms with Gasteiger partial charge < -0.3 is 11.1 Å². The van der Waals surface area contributed by atoms with E-state index in [-0.39, 0.29) is 4.90 Å². The van der Waals surface area contributed by atoms with E-state index in [1.807, 2.05) is 0 Å². The van der Waals surface area contributed by atoms with Gasteiger partial charge in [-0.25, -0.2) is 17.9 Å². The predicted octanol–water partition coefficient (Wildman–Crippen LogP) is 0.0853. The molecular formula is C8H11N3O3S. The molecule has 0 fully saturated rings. The first kappa shape index (κ1) is 11.3. The summed E-state index contributed by atoms with van der Waals surface area (Å²) in [6.45, 7) is 0. The van der Waals surface area contributed by atoms with E-state index < -0.39 is 16.1 Å². The Bertz CT molecular complexity index is 453. The third kappa shape index (κ3) is 2.84. The molecule has 6 nitrogen and oxygen atoms in total. The van der Waals surface area contributed by atoms with E-state index in [9.17, 15) is 13.2 Å². The van der Waals surface area contributed by atoms with Crippen LogP contribution in [0.15, 0.2) is 29.2 Å². The maximum absolute atomic E-state index is 11.4. The fraction of sp³-hybridized carbons (Fsp3) is 0.125. The van der Waals surface area contributed by atoms with Crippen LogP contribution in [0.25, 0.3) is 0 Å². The molecule has 1 aromatic rings. The molecule has 0 aliphatic rings. The quantitative estimate of drug-likeness (QED) is 0.683. The van der Waals surface area contributed by atoms with Crippen molar-refractivity contribution in [2.75, 3.05) is 12.4 Å². The summed E-state index contributed by atoms with van der Waals surface area (Å²) < 4.78 is 24.5. The Kier molecular flexibility index (Phi) is 3.15. The summed E-state index contributed by atoms with van der Waals surface area (Å²) in [6.07, 6.45) is 0. The number of nitrogens with two attached hydrogens (primary N) is 1. The first-order chi connectivity index (χ1) is 6.95. The van der Waals surface area contributed by atoms with Crippen molar-refractivity contribution >= 4 is 21.7 Å². The minimum absolute atomic E-state index is 0.0136. The first-order valence-electron chi connectivity index (χ1n) is 4.06. The van der Waals surface area contributed by atoms with Gasteiger partial charge in [0.15, 0.2) is 0 Å². The highest BCUT2D eigenvalue weighted by atomic mass is 32.2. The lowest BCUT2D eigenvalue weighted by atomic mass is 10.3. The van der Waals surface area contributed by atoms with Gasteiger partial charge in [0.2, 0.25) is 0 Å². The molecule has 0 aliphatic heterocycles. The summed E-state index contributed by atoms with van der Waals surface area (Å²) in [4.78, 5) is 10.4. The van der Waals surface area contributed by atoms with E-state index in [0.717, 1.165) is 5.69 Å². The second-order valence-electron chi connectivity index (χ2n) is 2.74. The number of carbonyl (C=O) groups is 1. The molecule has 7 heteroatoms. The van der Waals surface area contributed by atoms with Crippen LogP contribution in [-0.4, -0.2) is 21.5 Å². The van der Waals surface area contributed by atoms with Gasteiger partial charge >= 0.3 is 6.03 Å². The van der Waals surface area contributed by atoms with Crippen LogP contribution < -0.4 is 15.8 Å². The molecule has 82 valence electrons. The van der Waals surface area contributed by atoms with E-state index in [1.165, 1.54) is 12.1 Å². The Hall–Kier alpha value is -1.76. The number of amides is 2. The van der Waals surface area contributed by atoms with Crippen LogP contribution in [0.3, 0.4) is 0 Å². The number of sulfonamides is 1. The van der Waals surface area contributed by atoms with Crippen molar-refractivity contribution in [2.45, 2.75) is 4.90 Å². The van der Waals surface area contributed by atoms with Gasteiger partial charge in [-0.3, -0.25) is 0 Å². The lowest BCUT2D eigenvalue weighted by Crippen LogP contribution is -2.34. The summed E-state index contributed by atoms with van der Waals surface area (Å²) in [7, 11) is -2.12. The third-order valence-electron chi connectivity index (χ3n) is 1.69. The number of nitrogens with one attached hydrogen (secondary N) is 2. The highest BCUT2D eigenvalue weighted by Crippen LogP contribution is 2.12. The van der Waals surface area contributed by atoms with Gasteiger partial charge in [0.25, 0.3) is 10.0 Å². The highest BCUT2D eigenvalue weighted by molar-refractivity contribution is 7.90. The van der Waals surface area contributed by atoms with Crippen molar-refractivity contribution in [1.29, 1.82) is 0 Å². The molecule has 0 aliphatic carbocycles. The predicted molar refractivity (Wildman–Crippen MR) is 55.9 cm³/mol. The Balaban J connectivity index is 3.01. The van der Waals surface area contributed by atoms with E-state index in [1.54, 1.807) is 23.9 Å². The van der Waals surface area contributed by atoms with Gasteiger partial charge in [-0.1, -0.05) is 0 Å². The zero-order valence-electron chi connectivity index (χ0n) is 8.02. The average molecular weight is 229 g/mol. The molecule has 0 heterocycles. The molecule has 2 amide bonds. The van der Waals surface area contributed by atoms with Crippen molar-refractivity contribution in [3.8, 4) is 0 Å². The maximum atomic E-state index is 11.4. The minimum atomic E-state index is -3.84. The summed E-state index contributed by atoms with van der Waals surface area (Å²) in [5.74, 6) is 0. The maximum Gasteiger partial charge on any atom is 0.326 e. The molecule has 0 saturated carbocycles. The van der Waals surface area contributed by atoms with E-state index in [0.29, 0.717) is 0 Å².